The zero-order valence-electron chi connectivity index (χ0n) is 19.7. The van der Waals surface area contributed by atoms with Crippen molar-refractivity contribution < 1.29 is 4.79 Å². The van der Waals surface area contributed by atoms with E-state index in [1.54, 1.807) is 11.3 Å². The van der Waals surface area contributed by atoms with Gasteiger partial charge in [0.25, 0.3) is 0 Å². The first kappa shape index (κ1) is 23.8. The molecule has 2 aromatic heterocycles. The van der Waals surface area contributed by atoms with Crippen molar-refractivity contribution in [3.05, 3.63) is 70.4 Å². The second-order valence-corrected chi connectivity index (χ2v) is 11.2. The Balaban J connectivity index is 1.26. The molecule has 0 bridgehead atoms. The Hall–Kier alpha value is -2.89. The molecule has 2 aliphatic carbocycles. The Morgan fingerprint density at radius 2 is 2.00 bits per heavy atom. The van der Waals surface area contributed by atoms with Gasteiger partial charge in [-0.2, -0.15) is 5.26 Å². The number of anilines is 1. The van der Waals surface area contributed by atoms with Crippen LogP contribution in [0.15, 0.2) is 48.1 Å². The molecule has 2 heterocycles. The first-order valence-electron chi connectivity index (χ1n) is 12.3. The predicted molar refractivity (Wildman–Crippen MR) is 141 cm³/mol. The number of nitrogens with one attached hydrogen (secondary N) is 1. The van der Waals surface area contributed by atoms with Gasteiger partial charge in [-0.1, -0.05) is 61.0 Å². The largest absolute Gasteiger partial charge is 0.316 e. The molecule has 1 amide bonds. The van der Waals surface area contributed by atoms with Crippen LogP contribution in [0.5, 0.6) is 0 Å². The topological polar surface area (TPSA) is 83.6 Å². The third-order valence-electron chi connectivity index (χ3n) is 6.78. The number of benzene rings is 1. The molecule has 2 aliphatic rings. The van der Waals surface area contributed by atoms with Crippen molar-refractivity contribution in [1.29, 1.82) is 5.26 Å². The number of nitrogens with zero attached hydrogens (tertiary/aromatic N) is 4. The molecule has 0 aliphatic heterocycles. The summed E-state index contributed by atoms with van der Waals surface area (Å²) in [6.45, 7) is 4.51. The second-order valence-electron chi connectivity index (χ2n) is 9.17. The molecule has 5 rings (SSSR count). The molecule has 0 saturated heterocycles. The minimum absolute atomic E-state index is 0.121. The summed E-state index contributed by atoms with van der Waals surface area (Å²) < 4.78 is 2.08. The van der Waals surface area contributed by atoms with E-state index in [0.29, 0.717) is 28.9 Å². The normalized spacial score (nSPS) is 19.2. The maximum atomic E-state index is 12.8. The number of carbonyl (C=O) groups excluding carboxylic acids is 1. The van der Waals surface area contributed by atoms with Crippen molar-refractivity contribution >= 4 is 34.0 Å². The summed E-state index contributed by atoms with van der Waals surface area (Å²) in [6, 6.07) is 12.9. The fraction of sp³-hybridized carbons (Fsp3) is 0.407. The number of fused-ring (bicyclic) bond motifs is 1. The van der Waals surface area contributed by atoms with Crippen LogP contribution in [0, 0.1) is 11.3 Å². The number of amides is 1. The highest BCUT2D eigenvalue weighted by atomic mass is 32.2. The molecule has 0 radical (unpaired) electrons. The highest BCUT2D eigenvalue weighted by Gasteiger charge is 2.43. The van der Waals surface area contributed by atoms with E-state index in [-0.39, 0.29) is 11.7 Å². The van der Waals surface area contributed by atoms with Crippen molar-refractivity contribution in [3.8, 4) is 6.07 Å². The summed E-state index contributed by atoms with van der Waals surface area (Å²) >= 11 is 2.96. The van der Waals surface area contributed by atoms with Crippen LogP contribution in [-0.2, 0) is 24.2 Å². The lowest BCUT2D eigenvalue weighted by Gasteiger charge is -2.09. The molecule has 0 spiro atoms. The lowest BCUT2D eigenvalue weighted by molar-refractivity contribution is -0.113. The number of carbonyl (C=O) groups is 1. The average Bonchev–Trinajstić information content (AvgIpc) is 3.46. The highest BCUT2D eigenvalue weighted by Crippen LogP contribution is 2.54. The number of allylic oxidation sites excluding steroid dienone is 1. The van der Waals surface area contributed by atoms with E-state index in [1.165, 1.54) is 35.0 Å². The maximum Gasteiger partial charge on any atom is 0.235 e. The molecule has 2 unspecified atom stereocenters. The predicted octanol–water partition coefficient (Wildman–Crippen LogP) is 6.06. The Kier molecular flexibility index (Phi) is 7.35. The number of hydrogen-bond donors (Lipinski definition) is 1. The van der Waals surface area contributed by atoms with Crippen LogP contribution in [-0.4, -0.2) is 26.4 Å². The minimum Gasteiger partial charge on any atom is -0.316 e. The van der Waals surface area contributed by atoms with E-state index in [4.69, 9.17) is 0 Å². The number of aromatic nitrogens is 3. The van der Waals surface area contributed by atoms with Gasteiger partial charge >= 0.3 is 0 Å². The van der Waals surface area contributed by atoms with E-state index in [9.17, 15) is 10.1 Å². The maximum absolute atomic E-state index is 12.8. The molecule has 3 aromatic rings. The molecule has 1 fully saturated rings. The zero-order chi connectivity index (χ0) is 24.2. The number of thioether (sulfide) groups is 1. The first-order chi connectivity index (χ1) is 17.2. The standard InChI is InChI=1S/C27H29N5OS2/c1-2-14-32-25(21-15-20(21)18-10-6-5-7-11-18)30-31-27(32)34-17-24(33)29-26-22(16-28)19-12-8-3-4-9-13-23(19)35-26/h2,5-7,10-11,20-21H,1,3-4,8-9,12-15,17H2,(H,29,33). The number of aryl methyl sites for hydroxylation is 1. The fourth-order valence-corrected chi connectivity index (χ4v) is 6.96. The number of nitriles is 1. The molecule has 180 valence electrons. The van der Waals surface area contributed by atoms with E-state index < -0.39 is 0 Å². The van der Waals surface area contributed by atoms with Crippen molar-refractivity contribution in [2.75, 3.05) is 11.1 Å². The molecular formula is C27H29N5OS2. The van der Waals surface area contributed by atoms with Gasteiger partial charge in [-0.3, -0.25) is 4.79 Å². The molecule has 1 aromatic carbocycles. The van der Waals surface area contributed by atoms with Gasteiger partial charge in [0, 0.05) is 17.3 Å². The summed E-state index contributed by atoms with van der Waals surface area (Å²) in [4.78, 5) is 14.1. The Morgan fingerprint density at radius 3 is 2.77 bits per heavy atom. The molecule has 6 nitrogen and oxygen atoms in total. The lowest BCUT2D eigenvalue weighted by Crippen LogP contribution is -2.15. The molecular weight excluding hydrogens is 474 g/mol. The van der Waals surface area contributed by atoms with Crippen LogP contribution in [0.4, 0.5) is 5.00 Å². The quantitative estimate of drug-likeness (QED) is 0.298. The van der Waals surface area contributed by atoms with E-state index >= 15 is 0 Å². The molecule has 1 N–H and O–H groups in total. The van der Waals surface area contributed by atoms with E-state index in [0.717, 1.165) is 48.6 Å². The van der Waals surface area contributed by atoms with Crippen molar-refractivity contribution in [2.24, 2.45) is 0 Å². The van der Waals surface area contributed by atoms with Gasteiger partial charge in [0.05, 0.1) is 11.3 Å². The first-order valence-corrected chi connectivity index (χ1v) is 14.1. The number of rotatable bonds is 8. The summed E-state index contributed by atoms with van der Waals surface area (Å²) in [7, 11) is 0. The third kappa shape index (κ3) is 5.21. The van der Waals surface area contributed by atoms with Crippen LogP contribution in [0.1, 0.15) is 71.3 Å². The molecule has 8 heteroatoms. The van der Waals surface area contributed by atoms with Crippen molar-refractivity contribution in [2.45, 2.75) is 68.5 Å². The van der Waals surface area contributed by atoms with Crippen LogP contribution in [0.3, 0.4) is 0 Å². The van der Waals surface area contributed by atoms with E-state index in [2.05, 4.69) is 57.0 Å². The van der Waals surface area contributed by atoms with Gasteiger partial charge in [-0.25, -0.2) is 0 Å². The zero-order valence-corrected chi connectivity index (χ0v) is 21.3. The average molecular weight is 504 g/mol. The van der Waals surface area contributed by atoms with Crippen molar-refractivity contribution in [3.63, 3.8) is 0 Å². The lowest BCUT2D eigenvalue weighted by atomic mass is 9.97. The van der Waals surface area contributed by atoms with Gasteiger partial charge in [0.1, 0.15) is 16.9 Å². The number of thiophene rings is 1. The second kappa shape index (κ2) is 10.8. The molecule has 35 heavy (non-hydrogen) atoms. The summed E-state index contributed by atoms with van der Waals surface area (Å²) in [5.74, 6) is 1.87. The summed E-state index contributed by atoms with van der Waals surface area (Å²) in [5, 5.41) is 23.1. The van der Waals surface area contributed by atoms with E-state index in [1.807, 2.05) is 12.1 Å². The van der Waals surface area contributed by atoms with Crippen LogP contribution < -0.4 is 5.32 Å². The van der Waals surface area contributed by atoms with Crippen LogP contribution in [0.25, 0.3) is 0 Å². The fourth-order valence-electron chi connectivity index (χ4n) is 4.95. The SMILES string of the molecule is C=CCn1c(SCC(=O)Nc2sc3c(c2C#N)CCCCCC3)nnc1C1CC1c1ccccc1. The summed E-state index contributed by atoms with van der Waals surface area (Å²) in [5.41, 5.74) is 3.13. The minimum atomic E-state index is -0.121. The van der Waals surface area contributed by atoms with Gasteiger partial charge < -0.3 is 9.88 Å². The van der Waals surface area contributed by atoms with Gasteiger partial charge in [0.2, 0.25) is 5.91 Å². The van der Waals surface area contributed by atoms with Gasteiger partial charge in [-0.05, 0) is 49.1 Å². The number of hydrogen-bond acceptors (Lipinski definition) is 6. The Labute approximate surface area is 214 Å². The molecule has 1 saturated carbocycles. The Bertz CT molecular complexity index is 1260. The van der Waals surface area contributed by atoms with Crippen LogP contribution in [0.2, 0.25) is 0 Å². The van der Waals surface area contributed by atoms with Crippen molar-refractivity contribution in [1.82, 2.24) is 14.8 Å². The van der Waals surface area contributed by atoms with Gasteiger partial charge in [0.15, 0.2) is 5.16 Å². The monoisotopic (exact) mass is 503 g/mol. The smallest absolute Gasteiger partial charge is 0.235 e. The highest BCUT2D eigenvalue weighted by molar-refractivity contribution is 7.99. The molecule has 2 atom stereocenters. The van der Waals surface area contributed by atoms with Crippen LogP contribution >= 0.6 is 23.1 Å². The van der Waals surface area contributed by atoms with Gasteiger partial charge in [-0.15, -0.1) is 28.1 Å². The third-order valence-corrected chi connectivity index (χ3v) is 8.95. The summed E-state index contributed by atoms with van der Waals surface area (Å²) in [6.07, 6.45) is 9.53. The Morgan fingerprint density at radius 1 is 1.20 bits per heavy atom.